The molecule has 1 aromatic heterocycles. The van der Waals surface area contributed by atoms with Crippen LogP contribution in [0.15, 0.2) is 64.2 Å². The van der Waals surface area contributed by atoms with Gasteiger partial charge in [-0.05, 0) is 56.3 Å². The lowest BCUT2D eigenvalue weighted by Gasteiger charge is -2.39. The van der Waals surface area contributed by atoms with Crippen molar-refractivity contribution in [1.82, 2.24) is 18.9 Å². The van der Waals surface area contributed by atoms with Crippen molar-refractivity contribution in [2.45, 2.75) is 33.2 Å². The first kappa shape index (κ1) is 32.1. The molecule has 1 fully saturated rings. The fourth-order valence-corrected chi connectivity index (χ4v) is 6.15. The van der Waals surface area contributed by atoms with E-state index in [-0.39, 0.29) is 40.3 Å². The van der Waals surface area contributed by atoms with E-state index in [1.54, 1.807) is 30.0 Å². The SMILES string of the molecule is Cc1cccc(C(C)C)c1-n1c(=O)c(=O)n(CC2CN(C(=O)/C=C/CN(C)C)C2)c2cc(Cl)c(-c3c(O)cccc3F)c(F)c21. The Kier molecular flexibility index (Phi) is 9.00. The van der Waals surface area contributed by atoms with E-state index < -0.39 is 39.6 Å². The summed E-state index contributed by atoms with van der Waals surface area (Å²) in [7, 11) is 3.79. The van der Waals surface area contributed by atoms with Crippen LogP contribution < -0.4 is 11.1 Å². The van der Waals surface area contributed by atoms with Gasteiger partial charge >= 0.3 is 11.1 Å². The number of rotatable bonds is 8. The molecule has 0 aliphatic carbocycles. The van der Waals surface area contributed by atoms with Gasteiger partial charge in [-0.3, -0.25) is 19.0 Å². The molecular weight excluding hydrogens is 602 g/mol. The molecule has 0 bridgehead atoms. The third-order valence-electron chi connectivity index (χ3n) is 8.11. The number of para-hydroxylation sites is 1. The van der Waals surface area contributed by atoms with E-state index in [1.807, 2.05) is 38.9 Å². The van der Waals surface area contributed by atoms with Crippen LogP contribution in [0.25, 0.3) is 27.8 Å². The number of aryl methyl sites for hydroxylation is 1. The summed E-state index contributed by atoms with van der Waals surface area (Å²) in [5.74, 6) is -2.94. The minimum Gasteiger partial charge on any atom is -0.507 e. The fraction of sp³-hybridized carbons (Fsp3) is 0.324. The van der Waals surface area contributed by atoms with Crippen molar-refractivity contribution < 1.29 is 18.7 Å². The molecule has 4 aromatic rings. The van der Waals surface area contributed by atoms with Gasteiger partial charge in [0.2, 0.25) is 5.91 Å². The highest BCUT2D eigenvalue weighted by atomic mass is 35.5. The number of fused-ring (bicyclic) bond motifs is 1. The van der Waals surface area contributed by atoms with E-state index in [2.05, 4.69) is 0 Å². The molecule has 5 rings (SSSR count). The number of amides is 1. The summed E-state index contributed by atoms with van der Waals surface area (Å²) < 4.78 is 34.3. The first-order valence-corrected chi connectivity index (χ1v) is 15.0. The van der Waals surface area contributed by atoms with E-state index >= 15 is 8.78 Å². The molecule has 45 heavy (non-hydrogen) atoms. The van der Waals surface area contributed by atoms with Gasteiger partial charge in [-0.2, -0.15) is 0 Å². The number of aromatic nitrogens is 2. The van der Waals surface area contributed by atoms with E-state index in [1.165, 1.54) is 28.8 Å². The van der Waals surface area contributed by atoms with E-state index in [4.69, 9.17) is 11.6 Å². The molecule has 11 heteroatoms. The first-order valence-electron chi connectivity index (χ1n) is 14.7. The summed E-state index contributed by atoms with van der Waals surface area (Å²) >= 11 is 6.60. The van der Waals surface area contributed by atoms with Crippen molar-refractivity contribution in [2.75, 3.05) is 33.7 Å². The number of phenols is 1. The molecule has 0 saturated carbocycles. The first-order chi connectivity index (χ1) is 21.3. The van der Waals surface area contributed by atoms with Crippen molar-refractivity contribution in [3.8, 4) is 22.6 Å². The molecule has 1 aliphatic heterocycles. The molecule has 0 atom stereocenters. The van der Waals surface area contributed by atoms with E-state index in [0.717, 1.165) is 10.6 Å². The molecule has 8 nitrogen and oxygen atoms in total. The third-order valence-corrected chi connectivity index (χ3v) is 8.41. The number of carbonyl (C=O) groups is 1. The Morgan fingerprint density at radius 2 is 1.78 bits per heavy atom. The zero-order valence-electron chi connectivity index (χ0n) is 25.8. The van der Waals surface area contributed by atoms with E-state index in [9.17, 15) is 19.5 Å². The lowest BCUT2D eigenvalue weighted by atomic mass is 9.96. The molecule has 0 unspecified atom stereocenters. The number of aromatic hydroxyl groups is 1. The number of phenolic OH excluding ortho intramolecular Hbond substituents is 1. The van der Waals surface area contributed by atoms with Gasteiger partial charge in [-0.1, -0.05) is 55.8 Å². The average Bonchev–Trinajstić information content (AvgIpc) is 2.94. The molecule has 1 N–H and O–H groups in total. The lowest BCUT2D eigenvalue weighted by Crippen LogP contribution is -2.52. The Hall–Kier alpha value is -4.28. The molecule has 236 valence electrons. The maximum atomic E-state index is 17.0. The van der Waals surface area contributed by atoms with Crippen LogP contribution in [0.5, 0.6) is 5.75 Å². The monoisotopic (exact) mass is 636 g/mol. The zero-order chi connectivity index (χ0) is 32.7. The molecule has 1 saturated heterocycles. The smallest absolute Gasteiger partial charge is 0.321 e. The predicted molar refractivity (Wildman–Crippen MR) is 172 cm³/mol. The van der Waals surface area contributed by atoms with Gasteiger partial charge in [0.05, 0.1) is 21.8 Å². The summed E-state index contributed by atoms with van der Waals surface area (Å²) in [5.41, 5.74) is -1.30. The molecule has 3 aromatic carbocycles. The summed E-state index contributed by atoms with van der Waals surface area (Å²) in [6.07, 6.45) is 3.27. The van der Waals surface area contributed by atoms with Crippen LogP contribution in [0.1, 0.15) is 30.9 Å². The van der Waals surface area contributed by atoms with Crippen molar-refractivity contribution >= 4 is 28.5 Å². The highest BCUT2D eigenvalue weighted by molar-refractivity contribution is 6.34. The van der Waals surface area contributed by atoms with Crippen LogP contribution in [0.3, 0.4) is 0 Å². The summed E-state index contributed by atoms with van der Waals surface area (Å²) in [6.45, 7) is 6.92. The standard InChI is InChI=1S/C34H35ClF2N4O4/c1-19(2)22-10-6-9-20(3)31(22)41-32-25(15-23(35)28(30(32)37)29-24(36)11-7-12-26(29)42)40(33(44)34(41)45)18-21-16-39(17-21)27(43)13-8-14-38(4)5/h6-13,15,19,21,42H,14,16-18H2,1-5H3/b13-8+. The highest BCUT2D eigenvalue weighted by Crippen LogP contribution is 2.41. The summed E-state index contributed by atoms with van der Waals surface area (Å²) in [6, 6.07) is 10.3. The number of hydrogen-bond acceptors (Lipinski definition) is 5. The Morgan fingerprint density at radius 3 is 2.42 bits per heavy atom. The maximum absolute atomic E-state index is 17.0. The van der Waals surface area contributed by atoms with Crippen molar-refractivity contribution in [2.24, 2.45) is 5.92 Å². The van der Waals surface area contributed by atoms with Crippen molar-refractivity contribution in [1.29, 1.82) is 0 Å². The number of carbonyl (C=O) groups excluding carboxylic acids is 1. The zero-order valence-corrected chi connectivity index (χ0v) is 26.5. The second-order valence-electron chi connectivity index (χ2n) is 12.0. The maximum Gasteiger partial charge on any atom is 0.321 e. The minimum atomic E-state index is -1.06. The number of likely N-dealkylation sites (tertiary alicyclic amines) is 1. The topological polar surface area (TPSA) is 87.8 Å². The number of hydrogen-bond donors (Lipinski definition) is 1. The van der Waals surface area contributed by atoms with Gasteiger partial charge in [0, 0.05) is 43.7 Å². The molecule has 2 heterocycles. The molecule has 1 amide bonds. The fourth-order valence-electron chi connectivity index (χ4n) is 5.87. The highest BCUT2D eigenvalue weighted by Gasteiger charge is 2.32. The van der Waals surface area contributed by atoms with Crippen molar-refractivity contribution in [3.05, 3.63) is 103 Å². The van der Waals surface area contributed by atoms with Crippen LogP contribution in [-0.2, 0) is 11.3 Å². The molecule has 0 spiro atoms. The third kappa shape index (κ3) is 5.92. The van der Waals surface area contributed by atoms with Crippen LogP contribution >= 0.6 is 11.6 Å². The quantitative estimate of drug-likeness (QED) is 0.205. The van der Waals surface area contributed by atoms with Crippen LogP contribution in [0.2, 0.25) is 5.02 Å². The Labute approximate surface area is 264 Å². The largest absolute Gasteiger partial charge is 0.507 e. The van der Waals surface area contributed by atoms with Crippen LogP contribution in [0.4, 0.5) is 8.78 Å². The van der Waals surface area contributed by atoms with Gasteiger partial charge in [0.15, 0.2) is 5.82 Å². The number of halogens is 3. The predicted octanol–water partition coefficient (Wildman–Crippen LogP) is 5.46. The molecule has 0 radical (unpaired) electrons. The minimum absolute atomic E-state index is 0.0292. The summed E-state index contributed by atoms with van der Waals surface area (Å²) in [5, 5.41) is 10.3. The van der Waals surface area contributed by atoms with Crippen LogP contribution in [-0.4, -0.2) is 63.7 Å². The number of nitrogens with zero attached hydrogens (tertiary/aromatic N) is 4. The average molecular weight is 637 g/mol. The Bertz CT molecular complexity index is 1940. The summed E-state index contributed by atoms with van der Waals surface area (Å²) in [4.78, 5) is 43.9. The van der Waals surface area contributed by atoms with E-state index in [0.29, 0.717) is 36.4 Å². The van der Waals surface area contributed by atoms with Gasteiger partial charge in [-0.25, -0.2) is 8.78 Å². The molecule has 1 aliphatic rings. The Balaban J connectivity index is 1.72. The Morgan fingerprint density at radius 1 is 1.09 bits per heavy atom. The lowest BCUT2D eigenvalue weighted by molar-refractivity contribution is -0.132. The second-order valence-corrected chi connectivity index (χ2v) is 12.5. The normalized spacial score (nSPS) is 13.9. The van der Waals surface area contributed by atoms with Crippen LogP contribution in [0, 0.1) is 24.5 Å². The van der Waals surface area contributed by atoms with Crippen molar-refractivity contribution in [3.63, 3.8) is 0 Å². The van der Waals surface area contributed by atoms with Gasteiger partial charge in [-0.15, -0.1) is 0 Å². The number of benzene rings is 3. The van der Waals surface area contributed by atoms with Gasteiger partial charge < -0.3 is 19.5 Å². The van der Waals surface area contributed by atoms with Gasteiger partial charge in [0.25, 0.3) is 0 Å². The van der Waals surface area contributed by atoms with Gasteiger partial charge in [0.1, 0.15) is 17.1 Å². The number of likely N-dealkylation sites (N-methyl/N-ethyl adjacent to an activating group) is 1. The molecular formula is C34H35ClF2N4O4. The second kappa shape index (κ2) is 12.6.